The number of ether oxygens (including phenoxy) is 1. The van der Waals surface area contributed by atoms with Crippen molar-refractivity contribution in [1.29, 1.82) is 0 Å². The maximum atomic E-state index is 12.7. The predicted octanol–water partition coefficient (Wildman–Crippen LogP) is 3.57. The molecule has 128 valence electrons. The van der Waals surface area contributed by atoms with Gasteiger partial charge in [-0.2, -0.15) is 0 Å². The maximum Gasteiger partial charge on any atom is 0.330 e. The van der Waals surface area contributed by atoms with E-state index in [1.54, 1.807) is 24.3 Å². The second kappa shape index (κ2) is 7.25. The van der Waals surface area contributed by atoms with Crippen molar-refractivity contribution in [2.75, 3.05) is 7.11 Å². The average Bonchev–Trinajstić information content (AvgIpc) is 2.88. The Morgan fingerprint density at radius 2 is 1.56 bits per heavy atom. The highest BCUT2D eigenvalue weighted by molar-refractivity contribution is 14.1. The van der Waals surface area contributed by atoms with Crippen LogP contribution in [-0.4, -0.2) is 35.8 Å². The van der Waals surface area contributed by atoms with Crippen molar-refractivity contribution in [1.82, 2.24) is 4.90 Å². The van der Waals surface area contributed by atoms with Gasteiger partial charge in [0, 0.05) is 3.57 Å². The third kappa shape index (κ3) is 3.22. The van der Waals surface area contributed by atoms with Gasteiger partial charge in [-0.05, 0) is 52.4 Å². The third-order valence-electron chi connectivity index (χ3n) is 4.01. The zero-order valence-corrected chi connectivity index (χ0v) is 16.9. The molecule has 0 saturated heterocycles. The van der Waals surface area contributed by atoms with Crippen LogP contribution < -0.4 is 0 Å². The van der Waals surface area contributed by atoms with E-state index >= 15 is 0 Å². The second-order valence-electron chi connectivity index (χ2n) is 5.45. The molecule has 0 unspecified atom stereocenters. The van der Waals surface area contributed by atoms with E-state index in [9.17, 15) is 14.4 Å². The average molecular weight is 514 g/mol. The van der Waals surface area contributed by atoms with Gasteiger partial charge in [0.05, 0.1) is 23.1 Å². The van der Waals surface area contributed by atoms with Gasteiger partial charge in [-0.25, -0.2) is 4.79 Å². The normalized spacial score (nSPS) is 15.7. The molecule has 0 N–H and O–H groups in total. The molecule has 2 aromatic carbocycles. The first-order chi connectivity index (χ1) is 12.0. The number of alkyl halides is 1. The predicted molar refractivity (Wildman–Crippen MR) is 104 cm³/mol. The van der Waals surface area contributed by atoms with Crippen molar-refractivity contribution in [3.8, 4) is 0 Å². The first kappa shape index (κ1) is 18.1. The summed E-state index contributed by atoms with van der Waals surface area (Å²) in [5, 5.41) is 0. The SMILES string of the molecule is COC(=O)[C@H]([C@@H](Br)c1ccc(I)cc1)N1C(=O)c2ccccc2C1=O. The number of nitrogens with zero attached hydrogens (tertiary/aromatic N) is 1. The van der Waals surface area contributed by atoms with Crippen molar-refractivity contribution >= 4 is 56.3 Å². The number of benzene rings is 2. The fourth-order valence-corrected chi connectivity index (χ4v) is 3.88. The van der Waals surface area contributed by atoms with Gasteiger partial charge >= 0.3 is 5.97 Å². The van der Waals surface area contributed by atoms with Crippen LogP contribution in [0.1, 0.15) is 31.1 Å². The Kier molecular flexibility index (Phi) is 5.24. The summed E-state index contributed by atoms with van der Waals surface area (Å²) < 4.78 is 5.91. The summed E-state index contributed by atoms with van der Waals surface area (Å²) in [5.74, 6) is -1.65. The molecule has 1 aliphatic rings. The minimum Gasteiger partial charge on any atom is -0.467 e. The Labute approximate surface area is 166 Å². The van der Waals surface area contributed by atoms with Crippen LogP contribution in [0.25, 0.3) is 0 Å². The molecule has 1 aliphatic heterocycles. The molecule has 2 aromatic rings. The van der Waals surface area contributed by atoms with Gasteiger partial charge in [0.25, 0.3) is 11.8 Å². The Morgan fingerprint density at radius 1 is 1.04 bits per heavy atom. The van der Waals surface area contributed by atoms with Crippen molar-refractivity contribution in [2.45, 2.75) is 10.9 Å². The molecule has 0 aliphatic carbocycles. The summed E-state index contributed by atoms with van der Waals surface area (Å²) in [7, 11) is 1.24. The Bertz CT molecular complexity index is 817. The largest absolute Gasteiger partial charge is 0.467 e. The van der Waals surface area contributed by atoms with E-state index in [4.69, 9.17) is 4.74 Å². The van der Waals surface area contributed by atoms with Gasteiger partial charge in [0.2, 0.25) is 0 Å². The van der Waals surface area contributed by atoms with Crippen LogP contribution in [0, 0.1) is 3.57 Å². The van der Waals surface area contributed by atoms with Crippen molar-refractivity contribution in [3.63, 3.8) is 0 Å². The lowest BCUT2D eigenvalue weighted by Gasteiger charge is -2.28. The molecule has 0 spiro atoms. The highest BCUT2D eigenvalue weighted by atomic mass is 127. The second-order valence-corrected chi connectivity index (χ2v) is 7.68. The zero-order valence-electron chi connectivity index (χ0n) is 13.1. The Balaban J connectivity index is 2.03. The van der Waals surface area contributed by atoms with Crippen LogP contribution in [0.5, 0.6) is 0 Å². The molecule has 0 radical (unpaired) electrons. The number of halogens is 2. The molecule has 0 bridgehead atoms. The van der Waals surface area contributed by atoms with E-state index in [0.717, 1.165) is 14.0 Å². The maximum absolute atomic E-state index is 12.7. The number of carbonyl (C=O) groups excluding carboxylic acids is 3. The quantitative estimate of drug-likeness (QED) is 0.271. The summed E-state index contributed by atoms with van der Waals surface area (Å²) >= 11 is 5.66. The highest BCUT2D eigenvalue weighted by Crippen LogP contribution is 2.35. The molecule has 2 atom stereocenters. The van der Waals surface area contributed by atoms with Crippen LogP contribution in [-0.2, 0) is 9.53 Å². The standard InChI is InChI=1S/C18H13BrINO4/c1-25-18(24)15(14(19)10-6-8-11(20)9-7-10)21-16(22)12-4-2-3-5-13(12)17(21)23/h2-9,14-15H,1H3/t14-,15-/m0/s1. The van der Waals surface area contributed by atoms with Crippen LogP contribution in [0.15, 0.2) is 48.5 Å². The molecule has 25 heavy (non-hydrogen) atoms. The summed E-state index contributed by atoms with van der Waals surface area (Å²) in [5.41, 5.74) is 1.36. The Hall–Kier alpha value is -1.74. The molecular weight excluding hydrogens is 501 g/mol. The third-order valence-corrected chi connectivity index (χ3v) is 5.76. The molecule has 5 nitrogen and oxygen atoms in total. The van der Waals surface area contributed by atoms with Gasteiger partial charge in [-0.3, -0.25) is 14.5 Å². The highest BCUT2D eigenvalue weighted by Gasteiger charge is 2.46. The van der Waals surface area contributed by atoms with E-state index < -0.39 is 28.7 Å². The number of rotatable bonds is 4. The number of carbonyl (C=O) groups is 3. The van der Waals surface area contributed by atoms with Crippen LogP contribution in [0.2, 0.25) is 0 Å². The monoisotopic (exact) mass is 513 g/mol. The lowest BCUT2D eigenvalue weighted by Crippen LogP contribution is -2.47. The van der Waals surface area contributed by atoms with Gasteiger partial charge in [-0.15, -0.1) is 0 Å². The van der Waals surface area contributed by atoms with E-state index in [-0.39, 0.29) is 0 Å². The minimum absolute atomic E-state index is 0.295. The van der Waals surface area contributed by atoms with Crippen molar-refractivity contribution in [3.05, 3.63) is 68.8 Å². The van der Waals surface area contributed by atoms with Crippen molar-refractivity contribution in [2.24, 2.45) is 0 Å². The van der Waals surface area contributed by atoms with E-state index in [0.29, 0.717) is 11.1 Å². The van der Waals surface area contributed by atoms with E-state index in [2.05, 4.69) is 38.5 Å². The lowest BCUT2D eigenvalue weighted by molar-refractivity contribution is -0.145. The molecule has 3 rings (SSSR count). The molecule has 0 saturated carbocycles. The molecule has 7 heteroatoms. The minimum atomic E-state index is -1.10. The smallest absolute Gasteiger partial charge is 0.330 e. The number of esters is 1. The number of amides is 2. The van der Waals surface area contributed by atoms with Crippen LogP contribution >= 0.6 is 38.5 Å². The number of hydrogen-bond acceptors (Lipinski definition) is 4. The molecule has 2 amide bonds. The number of methoxy groups -OCH3 is 1. The van der Waals surface area contributed by atoms with Gasteiger partial charge < -0.3 is 4.74 Å². The van der Waals surface area contributed by atoms with Crippen LogP contribution in [0.4, 0.5) is 0 Å². The summed E-state index contributed by atoms with van der Waals surface area (Å²) in [4.78, 5) is 38.3. The number of fused-ring (bicyclic) bond motifs is 1. The first-order valence-electron chi connectivity index (χ1n) is 7.40. The fraction of sp³-hybridized carbons (Fsp3) is 0.167. The van der Waals surface area contributed by atoms with Gasteiger partial charge in [0.1, 0.15) is 0 Å². The van der Waals surface area contributed by atoms with Gasteiger partial charge in [0.15, 0.2) is 6.04 Å². The van der Waals surface area contributed by atoms with Crippen LogP contribution in [0.3, 0.4) is 0 Å². The number of hydrogen-bond donors (Lipinski definition) is 0. The van der Waals surface area contributed by atoms with Gasteiger partial charge in [-0.1, -0.05) is 40.2 Å². The Morgan fingerprint density at radius 3 is 2.04 bits per heavy atom. The van der Waals surface area contributed by atoms with E-state index in [1.165, 1.54) is 7.11 Å². The van der Waals surface area contributed by atoms with E-state index in [1.807, 2.05) is 24.3 Å². The zero-order chi connectivity index (χ0) is 18.1. The molecule has 0 fully saturated rings. The summed E-state index contributed by atoms with van der Waals surface area (Å²) in [6.45, 7) is 0. The summed E-state index contributed by atoms with van der Waals surface area (Å²) in [6, 6.07) is 12.9. The lowest BCUT2D eigenvalue weighted by atomic mass is 10.0. The first-order valence-corrected chi connectivity index (χ1v) is 9.39. The number of imide groups is 1. The fourth-order valence-electron chi connectivity index (χ4n) is 2.77. The summed E-state index contributed by atoms with van der Waals surface area (Å²) in [6.07, 6.45) is 0. The van der Waals surface area contributed by atoms with Crippen molar-refractivity contribution < 1.29 is 19.1 Å². The topological polar surface area (TPSA) is 63.7 Å². The molecule has 1 heterocycles. The molecule has 0 aromatic heterocycles. The molecular formula is C18H13BrINO4.